The molecule has 2 saturated heterocycles. The zero-order valence-electron chi connectivity index (χ0n) is 19.4. The standard InChI is InChI=1S/C21H25FN6O4S.CO2/c1-14(29)2-4-16-13-27(21(31)32-16)15-3-5-18(17(22)12-15)26-8-6-24-28(10-9-26)20(30)25-19-23-7-11-33-19;2-1-3/h3,5,7,11-12,16,24H,2,4,6,8-10,13H2,1H3,(H,23,25,30);/t16-;/m0./s1. The van der Waals surface area contributed by atoms with Crippen molar-refractivity contribution in [1.82, 2.24) is 15.4 Å². The zero-order valence-corrected chi connectivity index (χ0v) is 20.3. The van der Waals surface area contributed by atoms with Gasteiger partial charge in [0, 0.05) is 37.6 Å². The van der Waals surface area contributed by atoms with Crippen LogP contribution in [0.2, 0.25) is 0 Å². The quantitative estimate of drug-likeness (QED) is 0.587. The lowest BCUT2D eigenvalue weighted by Gasteiger charge is -2.24. The number of hydrogen-bond acceptors (Lipinski definition) is 10. The molecule has 1 aromatic carbocycles. The van der Waals surface area contributed by atoms with E-state index in [1.165, 1.54) is 34.2 Å². The first-order valence-corrected chi connectivity index (χ1v) is 11.9. The number of nitrogens with one attached hydrogen (secondary N) is 2. The second-order valence-corrected chi connectivity index (χ2v) is 8.78. The lowest BCUT2D eigenvalue weighted by molar-refractivity contribution is -0.191. The molecule has 2 aliphatic heterocycles. The molecule has 12 nitrogen and oxygen atoms in total. The number of benzene rings is 1. The molecule has 0 unspecified atom stereocenters. The third-order valence-corrected chi connectivity index (χ3v) is 6.13. The van der Waals surface area contributed by atoms with Gasteiger partial charge in [-0.1, -0.05) is 0 Å². The minimum atomic E-state index is -0.545. The molecule has 2 aliphatic rings. The van der Waals surface area contributed by atoms with Gasteiger partial charge in [-0.2, -0.15) is 9.59 Å². The van der Waals surface area contributed by atoms with E-state index in [1.54, 1.807) is 23.7 Å². The Labute approximate surface area is 210 Å². The van der Waals surface area contributed by atoms with Crippen LogP contribution in [0.4, 0.5) is 30.5 Å². The van der Waals surface area contributed by atoms with Crippen molar-refractivity contribution in [3.63, 3.8) is 0 Å². The van der Waals surface area contributed by atoms with E-state index in [-0.39, 0.29) is 30.6 Å². The highest BCUT2D eigenvalue weighted by molar-refractivity contribution is 7.13. The number of amides is 3. The molecule has 2 aromatic rings. The molecule has 2 N–H and O–H groups in total. The molecule has 0 bridgehead atoms. The van der Waals surface area contributed by atoms with Gasteiger partial charge in [0.15, 0.2) is 5.13 Å². The van der Waals surface area contributed by atoms with Gasteiger partial charge in [-0.05, 0) is 31.5 Å². The van der Waals surface area contributed by atoms with Crippen molar-refractivity contribution in [2.75, 3.05) is 47.8 Å². The number of cyclic esters (lactones) is 1. The lowest BCUT2D eigenvalue weighted by Crippen LogP contribution is -2.46. The molecule has 0 radical (unpaired) electrons. The van der Waals surface area contributed by atoms with E-state index in [2.05, 4.69) is 15.7 Å². The Morgan fingerprint density at radius 3 is 2.75 bits per heavy atom. The van der Waals surface area contributed by atoms with Crippen LogP contribution in [0.5, 0.6) is 0 Å². The van der Waals surface area contributed by atoms with Crippen LogP contribution in [0.1, 0.15) is 19.8 Å². The second-order valence-electron chi connectivity index (χ2n) is 7.89. The first-order valence-electron chi connectivity index (χ1n) is 11.0. The minimum absolute atomic E-state index is 0.0334. The summed E-state index contributed by atoms with van der Waals surface area (Å²) in [6.45, 7) is 3.48. The summed E-state index contributed by atoms with van der Waals surface area (Å²) in [5.74, 6) is -0.431. The molecule has 1 aromatic heterocycles. The molecule has 2 fully saturated rings. The number of hydrazine groups is 1. The number of carbonyl (C=O) groups is 3. The van der Waals surface area contributed by atoms with E-state index in [9.17, 15) is 14.4 Å². The summed E-state index contributed by atoms with van der Waals surface area (Å²) in [6, 6.07) is 4.30. The van der Waals surface area contributed by atoms with Gasteiger partial charge in [0.25, 0.3) is 0 Å². The van der Waals surface area contributed by atoms with Crippen molar-refractivity contribution in [3.05, 3.63) is 35.6 Å². The number of halogens is 1. The summed E-state index contributed by atoms with van der Waals surface area (Å²) in [6.07, 6.45) is 1.71. The molecular formula is C22H25FN6O6S. The van der Waals surface area contributed by atoms with Gasteiger partial charge in [-0.3, -0.25) is 15.2 Å². The summed E-state index contributed by atoms with van der Waals surface area (Å²) in [7, 11) is 0. The third-order valence-electron chi connectivity index (χ3n) is 5.45. The topological polar surface area (TPSA) is 141 Å². The van der Waals surface area contributed by atoms with E-state index in [4.69, 9.17) is 14.3 Å². The first kappa shape index (κ1) is 26.7. The first-order chi connectivity index (χ1) is 17.3. The van der Waals surface area contributed by atoms with E-state index >= 15 is 4.39 Å². The van der Waals surface area contributed by atoms with Crippen LogP contribution in [0.3, 0.4) is 0 Å². The van der Waals surface area contributed by atoms with E-state index in [1.807, 2.05) is 4.90 Å². The van der Waals surface area contributed by atoms with Crippen LogP contribution in [0.15, 0.2) is 29.8 Å². The fraction of sp³-hybridized carbons (Fsp3) is 0.409. The normalized spacial score (nSPS) is 17.4. The molecule has 0 spiro atoms. The maximum Gasteiger partial charge on any atom is 0.414 e. The van der Waals surface area contributed by atoms with Gasteiger partial charge in [0.1, 0.15) is 17.7 Å². The van der Waals surface area contributed by atoms with Crippen LogP contribution >= 0.6 is 11.3 Å². The highest BCUT2D eigenvalue weighted by Crippen LogP contribution is 2.29. The maximum absolute atomic E-state index is 15.0. The molecule has 192 valence electrons. The number of hydrogen-bond donors (Lipinski definition) is 2. The predicted molar refractivity (Wildman–Crippen MR) is 127 cm³/mol. The summed E-state index contributed by atoms with van der Waals surface area (Å²) < 4.78 is 20.3. The number of thiazole rings is 1. The number of carbonyl (C=O) groups excluding carboxylic acids is 5. The Morgan fingerprint density at radius 2 is 2.08 bits per heavy atom. The molecule has 0 aliphatic carbocycles. The van der Waals surface area contributed by atoms with Crippen molar-refractivity contribution >= 4 is 51.9 Å². The number of anilines is 3. The SMILES string of the molecule is CC(=O)CC[C@H]1CN(c2ccc(N3CCNN(C(=O)Nc4nccs4)CC3)c(F)c2)C(=O)O1.O=C=O. The number of Topliss-reactive ketones (excluding diaryl/α,β-unsaturated/α-hetero) is 1. The zero-order chi connectivity index (χ0) is 26.1. The lowest BCUT2D eigenvalue weighted by atomic mass is 10.1. The Balaban J connectivity index is 0.00000115. The minimum Gasteiger partial charge on any atom is -0.444 e. The van der Waals surface area contributed by atoms with Crippen LogP contribution in [0, 0.1) is 5.82 Å². The molecule has 3 amide bonds. The molecular weight excluding hydrogens is 495 g/mol. The van der Waals surface area contributed by atoms with Crippen molar-refractivity contribution in [1.29, 1.82) is 0 Å². The fourth-order valence-electron chi connectivity index (χ4n) is 3.76. The Hall–Kier alpha value is -3.87. The summed E-state index contributed by atoms with van der Waals surface area (Å²) in [5.41, 5.74) is 3.84. The highest BCUT2D eigenvalue weighted by Gasteiger charge is 2.33. The fourth-order valence-corrected chi connectivity index (χ4v) is 4.28. The molecule has 0 saturated carbocycles. The van der Waals surface area contributed by atoms with Gasteiger partial charge in [0.2, 0.25) is 0 Å². The van der Waals surface area contributed by atoms with Crippen molar-refractivity contribution in [3.8, 4) is 0 Å². The van der Waals surface area contributed by atoms with Crippen LogP contribution < -0.4 is 20.5 Å². The van der Waals surface area contributed by atoms with Crippen molar-refractivity contribution < 1.29 is 33.1 Å². The van der Waals surface area contributed by atoms with Gasteiger partial charge in [0.05, 0.1) is 24.5 Å². The smallest absolute Gasteiger partial charge is 0.414 e. The molecule has 4 rings (SSSR count). The second kappa shape index (κ2) is 12.7. The number of urea groups is 1. The monoisotopic (exact) mass is 520 g/mol. The Bertz CT molecular complexity index is 1110. The van der Waals surface area contributed by atoms with Gasteiger partial charge in [-0.15, -0.1) is 11.3 Å². The van der Waals surface area contributed by atoms with E-state index in [0.717, 1.165) is 0 Å². The number of rotatable bonds is 6. The number of aromatic nitrogens is 1. The van der Waals surface area contributed by atoms with Crippen molar-refractivity contribution in [2.24, 2.45) is 0 Å². The number of nitrogens with zero attached hydrogens (tertiary/aromatic N) is 4. The van der Waals surface area contributed by atoms with Gasteiger partial charge < -0.3 is 14.4 Å². The van der Waals surface area contributed by atoms with Crippen molar-refractivity contribution in [2.45, 2.75) is 25.9 Å². The maximum atomic E-state index is 15.0. The summed E-state index contributed by atoms with van der Waals surface area (Å²) in [4.78, 5) is 59.3. The summed E-state index contributed by atoms with van der Waals surface area (Å²) in [5, 5.41) is 6.45. The third kappa shape index (κ3) is 7.07. The largest absolute Gasteiger partial charge is 0.444 e. The Kier molecular flexibility index (Phi) is 9.45. The molecule has 3 heterocycles. The van der Waals surface area contributed by atoms with Gasteiger partial charge in [-0.25, -0.2) is 24.4 Å². The average Bonchev–Trinajstić information content (AvgIpc) is 3.41. The summed E-state index contributed by atoms with van der Waals surface area (Å²) >= 11 is 1.33. The van der Waals surface area contributed by atoms with E-state index < -0.39 is 11.9 Å². The van der Waals surface area contributed by atoms with Crippen LogP contribution in [-0.4, -0.2) is 72.9 Å². The predicted octanol–water partition coefficient (Wildman–Crippen LogP) is 2.25. The Morgan fingerprint density at radius 1 is 1.31 bits per heavy atom. The average molecular weight is 521 g/mol. The number of ether oxygens (including phenoxy) is 1. The highest BCUT2D eigenvalue weighted by atomic mass is 32.1. The number of ketones is 1. The molecule has 14 heteroatoms. The van der Waals surface area contributed by atoms with E-state index in [0.29, 0.717) is 55.5 Å². The molecule has 1 atom stereocenters. The van der Waals surface area contributed by atoms with Gasteiger partial charge >= 0.3 is 18.3 Å². The van der Waals surface area contributed by atoms with Crippen LogP contribution in [0.25, 0.3) is 0 Å². The molecule has 36 heavy (non-hydrogen) atoms. The van der Waals surface area contributed by atoms with Crippen LogP contribution in [-0.2, 0) is 19.1 Å².